The van der Waals surface area contributed by atoms with Crippen molar-refractivity contribution in [2.45, 2.75) is 31.2 Å². The van der Waals surface area contributed by atoms with Gasteiger partial charge in [0.1, 0.15) is 12.1 Å². The quantitative estimate of drug-likeness (QED) is 0.677. The lowest BCUT2D eigenvalue weighted by Gasteiger charge is -2.31. The summed E-state index contributed by atoms with van der Waals surface area (Å²) in [5.41, 5.74) is 7.99. The van der Waals surface area contributed by atoms with Gasteiger partial charge in [-0.15, -0.1) is 0 Å². The van der Waals surface area contributed by atoms with Gasteiger partial charge in [-0.2, -0.15) is 0 Å². The molecule has 3 rings (SSSR count). The Balaban J connectivity index is 1.39. The number of hydrogen-bond donors (Lipinski definition) is 3. The van der Waals surface area contributed by atoms with E-state index in [0.29, 0.717) is 12.0 Å². The molecule has 2 aromatic rings. The average Bonchev–Trinajstić information content (AvgIpc) is 2.53. The van der Waals surface area contributed by atoms with Crippen molar-refractivity contribution in [2.24, 2.45) is 5.73 Å². The molecule has 4 N–H and O–H groups in total. The third-order valence-corrected chi connectivity index (χ3v) is 3.93. The normalized spacial score (nSPS) is 20.2. The summed E-state index contributed by atoms with van der Waals surface area (Å²) in [5.74, 6) is 1.40. The van der Waals surface area contributed by atoms with Crippen LogP contribution in [0.3, 0.4) is 0 Å². The molecule has 0 spiro atoms. The van der Waals surface area contributed by atoms with Crippen LogP contribution < -0.4 is 16.4 Å². The average molecular weight is 298 g/mol. The van der Waals surface area contributed by atoms with E-state index in [4.69, 9.17) is 5.73 Å². The maximum Gasteiger partial charge on any atom is 0.129 e. The van der Waals surface area contributed by atoms with Crippen molar-refractivity contribution >= 4 is 11.5 Å². The molecule has 22 heavy (non-hydrogen) atoms. The van der Waals surface area contributed by atoms with Crippen LogP contribution in [0, 0.1) is 0 Å². The molecule has 1 fully saturated rings. The number of pyridine rings is 1. The predicted octanol–water partition coefficient (Wildman–Crippen LogP) is 1.99. The van der Waals surface area contributed by atoms with Crippen molar-refractivity contribution in [1.29, 1.82) is 0 Å². The Morgan fingerprint density at radius 2 is 2.05 bits per heavy atom. The van der Waals surface area contributed by atoms with E-state index in [9.17, 15) is 0 Å². The monoisotopic (exact) mass is 298 g/mol. The molecule has 2 aromatic heterocycles. The Labute approximate surface area is 130 Å². The summed E-state index contributed by atoms with van der Waals surface area (Å²) in [7, 11) is 0. The highest BCUT2D eigenvalue weighted by Gasteiger charge is 2.28. The minimum atomic E-state index is 0.343. The fourth-order valence-electron chi connectivity index (χ4n) is 2.60. The number of nitrogens with zero attached hydrogens (tertiary/aromatic N) is 3. The van der Waals surface area contributed by atoms with Crippen LogP contribution in [0.2, 0.25) is 0 Å². The first-order chi connectivity index (χ1) is 10.8. The largest absolute Gasteiger partial charge is 0.384 e. The third-order valence-electron chi connectivity index (χ3n) is 3.93. The van der Waals surface area contributed by atoms with Gasteiger partial charge in [0.2, 0.25) is 0 Å². The molecule has 6 heteroatoms. The molecule has 1 aliphatic rings. The topological polar surface area (TPSA) is 88.8 Å². The van der Waals surface area contributed by atoms with E-state index >= 15 is 0 Å². The van der Waals surface area contributed by atoms with E-state index in [2.05, 4.69) is 25.6 Å². The summed E-state index contributed by atoms with van der Waals surface area (Å²) in [6.07, 6.45) is 8.30. The Kier molecular flexibility index (Phi) is 4.80. The highest BCUT2D eigenvalue weighted by atomic mass is 15.0. The zero-order valence-electron chi connectivity index (χ0n) is 12.6. The predicted molar refractivity (Wildman–Crippen MR) is 87.8 cm³/mol. The minimum Gasteiger partial charge on any atom is -0.384 e. The highest BCUT2D eigenvalue weighted by Crippen LogP contribution is 2.34. The van der Waals surface area contributed by atoms with Gasteiger partial charge in [0.15, 0.2) is 0 Å². The number of hydrogen-bond acceptors (Lipinski definition) is 6. The molecule has 0 aromatic carbocycles. The van der Waals surface area contributed by atoms with Gasteiger partial charge >= 0.3 is 0 Å². The second kappa shape index (κ2) is 7.17. The van der Waals surface area contributed by atoms with E-state index in [1.54, 1.807) is 12.5 Å². The number of nitrogens with one attached hydrogen (secondary N) is 2. The van der Waals surface area contributed by atoms with Crippen molar-refractivity contribution in [3.8, 4) is 0 Å². The highest BCUT2D eigenvalue weighted by molar-refractivity contribution is 5.39. The number of aromatic nitrogens is 3. The summed E-state index contributed by atoms with van der Waals surface area (Å²) in [6, 6.07) is 6.33. The maximum atomic E-state index is 5.84. The zero-order valence-corrected chi connectivity index (χ0v) is 12.6. The Bertz CT molecular complexity index is 582. The molecule has 6 nitrogen and oxygen atoms in total. The first-order valence-electron chi connectivity index (χ1n) is 7.76. The summed E-state index contributed by atoms with van der Waals surface area (Å²) in [5, 5.41) is 6.68. The molecular weight excluding hydrogens is 276 g/mol. The lowest BCUT2D eigenvalue weighted by atomic mass is 9.79. The molecule has 0 radical (unpaired) electrons. The van der Waals surface area contributed by atoms with Crippen LogP contribution >= 0.6 is 0 Å². The fourth-order valence-corrected chi connectivity index (χ4v) is 2.60. The lowest BCUT2D eigenvalue weighted by Crippen LogP contribution is -2.35. The third kappa shape index (κ3) is 3.92. The van der Waals surface area contributed by atoms with Crippen molar-refractivity contribution < 1.29 is 0 Å². The smallest absolute Gasteiger partial charge is 0.129 e. The van der Waals surface area contributed by atoms with Gasteiger partial charge < -0.3 is 16.4 Å². The molecule has 116 valence electrons. The van der Waals surface area contributed by atoms with Crippen LogP contribution in [-0.4, -0.2) is 34.1 Å². The van der Waals surface area contributed by atoms with E-state index in [1.165, 1.54) is 0 Å². The molecule has 1 saturated carbocycles. The number of anilines is 2. The van der Waals surface area contributed by atoms with Gasteiger partial charge in [0.05, 0.1) is 5.69 Å². The van der Waals surface area contributed by atoms with Crippen molar-refractivity contribution in [3.05, 3.63) is 42.6 Å². The van der Waals surface area contributed by atoms with E-state index in [0.717, 1.165) is 49.6 Å². The molecule has 0 bridgehead atoms. The first-order valence-corrected chi connectivity index (χ1v) is 7.76. The fraction of sp³-hybridized carbons (Fsp3) is 0.438. The summed E-state index contributed by atoms with van der Waals surface area (Å²) in [4.78, 5) is 12.7. The second-order valence-electron chi connectivity index (χ2n) is 5.71. The number of nitrogens with two attached hydrogens (primary N) is 1. The summed E-state index contributed by atoms with van der Waals surface area (Å²) < 4.78 is 0. The molecular formula is C16H22N6. The lowest BCUT2D eigenvalue weighted by molar-refractivity contribution is 0.345. The molecule has 1 aliphatic carbocycles. The molecule has 0 unspecified atom stereocenters. The van der Waals surface area contributed by atoms with E-state index in [-0.39, 0.29) is 0 Å². The van der Waals surface area contributed by atoms with Crippen LogP contribution in [0.4, 0.5) is 11.5 Å². The van der Waals surface area contributed by atoms with Gasteiger partial charge in [0.25, 0.3) is 0 Å². The molecule has 0 saturated heterocycles. The van der Waals surface area contributed by atoms with Crippen LogP contribution in [-0.2, 0) is 0 Å². The van der Waals surface area contributed by atoms with E-state index in [1.807, 2.05) is 24.4 Å². The Morgan fingerprint density at radius 3 is 2.82 bits per heavy atom. The van der Waals surface area contributed by atoms with Gasteiger partial charge in [-0.3, -0.25) is 4.98 Å². The zero-order chi connectivity index (χ0) is 15.2. The molecule has 0 aliphatic heterocycles. The molecule has 2 heterocycles. The van der Waals surface area contributed by atoms with Crippen LogP contribution in [0.5, 0.6) is 0 Å². The minimum absolute atomic E-state index is 0.343. The summed E-state index contributed by atoms with van der Waals surface area (Å²) in [6.45, 7) is 1.77. The van der Waals surface area contributed by atoms with E-state index < -0.39 is 0 Å². The van der Waals surface area contributed by atoms with Crippen LogP contribution in [0.25, 0.3) is 0 Å². The number of rotatable bonds is 7. The SMILES string of the molecule is NC1CC(c2cc(NCCCNc3cccnc3)ncn2)C1. The van der Waals surface area contributed by atoms with Gasteiger partial charge in [-0.1, -0.05) is 0 Å². The second-order valence-corrected chi connectivity index (χ2v) is 5.71. The van der Waals surface area contributed by atoms with Crippen molar-refractivity contribution in [3.63, 3.8) is 0 Å². The van der Waals surface area contributed by atoms with Gasteiger partial charge in [-0.05, 0) is 31.4 Å². The Morgan fingerprint density at radius 1 is 1.18 bits per heavy atom. The first kappa shape index (κ1) is 14.7. The van der Waals surface area contributed by atoms with Crippen LogP contribution in [0.15, 0.2) is 36.9 Å². The molecule has 0 amide bonds. The molecule has 0 atom stereocenters. The Hall–Kier alpha value is -2.21. The van der Waals surface area contributed by atoms with Gasteiger partial charge in [0, 0.05) is 49.2 Å². The van der Waals surface area contributed by atoms with Crippen molar-refractivity contribution in [2.75, 3.05) is 23.7 Å². The summed E-state index contributed by atoms with van der Waals surface area (Å²) >= 11 is 0. The standard InChI is InChI=1S/C16H22N6/c17-13-7-12(8-13)15-9-16(22-11-21-15)20-6-2-5-19-14-3-1-4-18-10-14/h1,3-4,9-13,19H,2,5-8,17H2,(H,20,21,22). The van der Waals surface area contributed by atoms with Crippen molar-refractivity contribution in [1.82, 2.24) is 15.0 Å². The van der Waals surface area contributed by atoms with Gasteiger partial charge in [-0.25, -0.2) is 9.97 Å². The van der Waals surface area contributed by atoms with Crippen LogP contribution in [0.1, 0.15) is 30.9 Å². The maximum absolute atomic E-state index is 5.84.